The second-order valence-corrected chi connectivity index (χ2v) is 8.27. The molecule has 33 heavy (non-hydrogen) atoms. The summed E-state index contributed by atoms with van der Waals surface area (Å²) < 4.78 is 17.5. The van der Waals surface area contributed by atoms with E-state index in [1.165, 1.54) is 23.9 Å². The number of nitrogens with zero attached hydrogens (tertiary/aromatic N) is 3. The Labute approximate surface area is 189 Å². The number of aliphatic hydroxyl groups excluding tert-OH is 1. The number of rotatable bonds is 7. The fourth-order valence-electron chi connectivity index (χ4n) is 4.03. The average molecular weight is 461 g/mol. The van der Waals surface area contributed by atoms with Gasteiger partial charge in [-0.3, -0.25) is 4.79 Å². The molecule has 178 valence electrons. The van der Waals surface area contributed by atoms with Crippen molar-refractivity contribution in [1.82, 2.24) is 14.5 Å². The number of unbranched alkanes of at least 4 members (excludes halogenated alkanes) is 2. The van der Waals surface area contributed by atoms with Crippen LogP contribution in [0.1, 0.15) is 44.9 Å². The molecule has 0 radical (unpaired) electrons. The van der Waals surface area contributed by atoms with Crippen LogP contribution in [0, 0.1) is 0 Å². The van der Waals surface area contributed by atoms with Gasteiger partial charge in [-0.25, -0.2) is 14.8 Å². The fraction of sp³-hybridized carbons (Fsp3) is 0.524. The lowest BCUT2D eigenvalue weighted by molar-refractivity contribution is -0.111. The number of hydrogen-bond donors (Lipinski definition) is 4. The van der Waals surface area contributed by atoms with Gasteiger partial charge in [0.15, 0.2) is 6.23 Å². The van der Waals surface area contributed by atoms with Crippen LogP contribution in [-0.2, 0) is 19.0 Å². The quantitative estimate of drug-likeness (QED) is 0.345. The number of amides is 1. The zero-order valence-electron chi connectivity index (χ0n) is 18.4. The van der Waals surface area contributed by atoms with Crippen molar-refractivity contribution >= 4 is 34.6 Å². The van der Waals surface area contributed by atoms with Gasteiger partial charge in [0.25, 0.3) is 5.91 Å². The van der Waals surface area contributed by atoms with E-state index in [9.17, 15) is 19.8 Å². The lowest BCUT2D eigenvalue weighted by Gasteiger charge is -2.27. The summed E-state index contributed by atoms with van der Waals surface area (Å²) >= 11 is 0. The molecule has 5 N–H and O–H groups in total. The Morgan fingerprint density at radius 3 is 2.91 bits per heavy atom. The molecule has 1 fully saturated rings. The monoisotopic (exact) mass is 461 g/mol. The topological polar surface area (TPSA) is 171 Å². The molecule has 0 spiro atoms. The number of nitrogens with two attached hydrogens (primary N) is 1. The first-order chi connectivity index (χ1) is 15.7. The maximum atomic E-state index is 12.0. The Bertz CT molecular complexity index is 1100. The molecule has 2 unspecified atom stereocenters. The van der Waals surface area contributed by atoms with Crippen molar-refractivity contribution in [3.63, 3.8) is 0 Å². The van der Waals surface area contributed by atoms with Crippen molar-refractivity contribution in [2.75, 3.05) is 18.5 Å². The van der Waals surface area contributed by atoms with Gasteiger partial charge in [-0.1, -0.05) is 19.8 Å². The normalized spacial score (nSPS) is 26.6. The second kappa shape index (κ2) is 8.96. The summed E-state index contributed by atoms with van der Waals surface area (Å²) in [5.74, 6) is -0.159. The first kappa shape index (κ1) is 23.0. The van der Waals surface area contributed by atoms with Crippen LogP contribution in [0.15, 0.2) is 18.6 Å². The first-order valence-electron chi connectivity index (χ1n) is 10.7. The molecule has 0 saturated carbocycles. The number of hydrogen-bond acceptors (Lipinski definition) is 10. The van der Waals surface area contributed by atoms with Gasteiger partial charge < -0.3 is 40.0 Å². The number of aliphatic hydroxyl groups is 2. The Balaban J connectivity index is 1.56. The van der Waals surface area contributed by atoms with Crippen LogP contribution in [0.2, 0.25) is 0 Å². The van der Waals surface area contributed by atoms with Crippen molar-refractivity contribution in [3.05, 3.63) is 24.2 Å². The van der Waals surface area contributed by atoms with Crippen LogP contribution in [-0.4, -0.2) is 67.8 Å². The molecule has 4 atom stereocenters. The maximum Gasteiger partial charge on any atom is 0.508 e. The zero-order chi connectivity index (χ0) is 23.8. The van der Waals surface area contributed by atoms with Crippen LogP contribution in [0.25, 0.3) is 16.7 Å². The van der Waals surface area contributed by atoms with Gasteiger partial charge in [0.2, 0.25) is 0 Å². The van der Waals surface area contributed by atoms with Gasteiger partial charge >= 0.3 is 6.16 Å². The molecule has 2 aliphatic rings. The summed E-state index contributed by atoms with van der Waals surface area (Å²) in [6.07, 6.45) is 2.36. The molecular weight excluding hydrogens is 434 g/mol. The van der Waals surface area contributed by atoms with Crippen LogP contribution in [0.3, 0.4) is 0 Å². The number of nitrogens with one attached hydrogen (secondary N) is 1. The zero-order valence-corrected chi connectivity index (χ0v) is 18.4. The number of anilines is 1. The van der Waals surface area contributed by atoms with Crippen molar-refractivity contribution in [3.8, 4) is 0 Å². The third-order valence-corrected chi connectivity index (χ3v) is 5.79. The van der Waals surface area contributed by atoms with Gasteiger partial charge in [-0.2, -0.15) is 0 Å². The molecule has 1 amide bonds. The van der Waals surface area contributed by atoms with E-state index in [1.54, 1.807) is 6.20 Å². The van der Waals surface area contributed by atoms with Crippen LogP contribution < -0.4 is 11.1 Å². The highest BCUT2D eigenvalue weighted by atomic mass is 16.7. The van der Waals surface area contributed by atoms with Crippen LogP contribution >= 0.6 is 0 Å². The Kier molecular flexibility index (Phi) is 6.23. The summed E-state index contributed by atoms with van der Waals surface area (Å²) in [4.78, 5) is 32.2. The van der Waals surface area contributed by atoms with Crippen molar-refractivity contribution in [2.24, 2.45) is 5.73 Å². The van der Waals surface area contributed by atoms with Gasteiger partial charge in [0.05, 0.1) is 12.0 Å². The third-order valence-electron chi connectivity index (χ3n) is 5.79. The Morgan fingerprint density at radius 1 is 1.36 bits per heavy atom. The summed E-state index contributed by atoms with van der Waals surface area (Å²) in [6.45, 7) is 3.37. The van der Waals surface area contributed by atoms with Crippen molar-refractivity contribution in [1.29, 1.82) is 0 Å². The smallest absolute Gasteiger partial charge is 0.434 e. The standard InChI is InChI=1S/C21H27N5O7/c1-3-4-5-6-31-20(29)32-9-13-16(28)21(2,30)19(33-13)26-8-11-12(22)7-14(27)25-17-15(11)18(26)24-10-23-17/h7-8,10,13,16,19,28,30H,3-6,9,22H2,1-2H3,(H,23,24,25,27)/t13?,16-,19-,21?/m1/s1. The molecular formula is C21H27N5O7. The lowest BCUT2D eigenvalue weighted by Crippen LogP contribution is -2.44. The summed E-state index contributed by atoms with van der Waals surface area (Å²) in [7, 11) is 0. The number of carbonyl (C=O) groups excluding carboxylic acids is 2. The predicted octanol–water partition coefficient (Wildman–Crippen LogP) is 1.04. The highest BCUT2D eigenvalue weighted by Gasteiger charge is 2.54. The Hall–Kier alpha value is -3.22. The van der Waals surface area contributed by atoms with E-state index in [0.29, 0.717) is 16.6 Å². The molecule has 1 saturated heterocycles. The molecule has 4 heterocycles. The highest BCUT2D eigenvalue weighted by Crippen LogP contribution is 2.42. The fourth-order valence-corrected chi connectivity index (χ4v) is 4.03. The molecule has 2 aromatic heterocycles. The Morgan fingerprint density at radius 2 is 2.15 bits per heavy atom. The van der Waals surface area contributed by atoms with E-state index in [-0.39, 0.29) is 24.7 Å². The van der Waals surface area contributed by atoms with Crippen molar-refractivity contribution < 1.29 is 34.0 Å². The molecule has 0 bridgehead atoms. The molecule has 12 nitrogen and oxygen atoms in total. The summed E-state index contributed by atoms with van der Waals surface area (Å²) in [5.41, 5.74) is 5.31. The largest absolute Gasteiger partial charge is 0.508 e. The molecule has 12 heteroatoms. The molecule has 2 aliphatic heterocycles. The average Bonchev–Trinajstić information content (AvgIpc) is 3.21. The minimum Gasteiger partial charge on any atom is -0.434 e. The summed E-state index contributed by atoms with van der Waals surface area (Å²) in [5, 5.41) is 24.9. The second-order valence-electron chi connectivity index (χ2n) is 8.27. The number of carbonyl (C=O) groups is 2. The van der Waals surface area contributed by atoms with E-state index in [2.05, 4.69) is 15.3 Å². The van der Waals surface area contributed by atoms with E-state index in [1.807, 2.05) is 6.92 Å². The first-order valence-corrected chi connectivity index (χ1v) is 10.7. The minimum atomic E-state index is -1.76. The molecule has 0 aliphatic carbocycles. The van der Waals surface area contributed by atoms with Crippen LogP contribution in [0.5, 0.6) is 0 Å². The van der Waals surface area contributed by atoms with E-state index < -0.39 is 36.1 Å². The SMILES string of the molecule is CCCCCOC(=O)OCC1O[C@@H](n2cc3c4c(ncnc42)NC(=O)C=C3N)C(C)(O)[C@@H]1O. The van der Waals surface area contributed by atoms with E-state index >= 15 is 0 Å². The highest BCUT2D eigenvalue weighted by molar-refractivity contribution is 6.13. The van der Waals surface area contributed by atoms with E-state index in [4.69, 9.17) is 19.9 Å². The molecule has 4 rings (SSSR count). The predicted molar refractivity (Wildman–Crippen MR) is 116 cm³/mol. The van der Waals surface area contributed by atoms with Gasteiger partial charge in [0.1, 0.15) is 42.2 Å². The third kappa shape index (κ3) is 4.24. The van der Waals surface area contributed by atoms with E-state index in [0.717, 1.165) is 19.3 Å². The van der Waals surface area contributed by atoms with Gasteiger partial charge in [-0.05, 0) is 13.3 Å². The molecule has 2 aromatic rings. The minimum absolute atomic E-state index is 0.189. The maximum absolute atomic E-state index is 12.0. The van der Waals surface area contributed by atoms with Crippen LogP contribution in [0.4, 0.5) is 10.6 Å². The number of aromatic nitrogens is 3. The van der Waals surface area contributed by atoms with Gasteiger partial charge in [-0.15, -0.1) is 0 Å². The lowest BCUT2D eigenvalue weighted by atomic mass is 9.96. The molecule has 0 aromatic carbocycles. The summed E-state index contributed by atoms with van der Waals surface area (Å²) in [6, 6.07) is 0. The number of ether oxygens (including phenoxy) is 3. The van der Waals surface area contributed by atoms with Gasteiger partial charge in [0, 0.05) is 23.5 Å². The van der Waals surface area contributed by atoms with Crippen molar-refractivity contribution in [2.45, 2.75) is 57.1 Å².